The highest BCUT2D eigenvalue weighted by molar-refractivity contribution is 5.53. The van der Waals surface area contributed by atoms with Gasteiger partial charge in [-0.1, -0.05) is 24.3 Å². The number of nitrogens with zero attached hydrogens (tertiary/aromatic N) is 2. The van der Waals surface area contributed by atoms with Gasteiger partial charge in [0.2, 0.25) is 0 Å². The van der Waals surface area contributed by atoms with Crippen LogP contribution >= 0.6 is 0 Å². The summed E-state index contributed by atoms with van der Waals surface area (Å²) in [5.41, 5.74) is 3.84. The first kappa shape index (κ1) is 12.4. The van der Waals surface area contributed by atoms with Gasteiger partial charge in [0.25, 0.3) is 0 Å². The minimum atomic E-state index is 0.893. The van der Waals surface area contributed by atoms with Gasteiger partial charge in [-0.2, -0.15) is 0 Å². The van der Waals surface area contributed by atoms with Gasteiger partial charge < -0.3 is 10.2 Å². The monoisotopic (exact) mass is 241 g/mol. The van der Waals surface area contributed by atoms with Crippen molar-refractivity contribution in [3.63, 3.8) is 0 Å². The minimum Gasteiger partial charge on any atom is -0.373 e. The second-order valence-electron chi connectivity index (χ2n) is 4.43. The van der Waals surface area contributed by atoms with Crippen molar-refractivity contribution in [1.29, 1.82) is 0 Å². The highest BCUT2D eigenvalue weighted by Crippen LogP contribution is 2.19. The van der Waals surface area contributed by atoms with E-state index >= 15 is 0 Å². The lowest BCUT2D eigenvalue weighted by Gasteiger charge is -2.20. The summed E-state index contributed by atoms with van der Waals surface area (Å²) in [7, 11) is 3.98. The first-order valence-electron chi connectivity index (χ1n) is 6.10. The molecule has 18 heavy (non-hydrogen) atoms. The molecular weight excluding hydrogens is 222 g/mol. The van der Waals surface area contributed by atoms with Crippen LogP contribution in [-0.4, -0.2) is 19.1 Å². The Labute approximate surface area is 108 Å². The van der Waals surface area contributed by atoms with Crippen LogP contribution in [0.5, 0.6) is 0 Å². The van der Waals surface area contributed by atoms with E-state index in [1.165, 1.54) is 11.1 Å². The number of aromatic nitrogens is 1. The molecule has 0 aliphatic rings. The third kappa shape index (κ3) is 2.80. The highest BCUT2D eigenvalue weighted by Gasteiger charge is 2.04. The smallest absolute Gasteiger partial charge is 0.127 e. The average Bonchev–Trinajstić information content (AvgIpc) is 2.41. The van der Waals surface area contributed by atoms with Crippen LogP contribution in [0.4, 0.5) is 11.5 Å². The largest absolute Gasteiger partial charge is 0.373 e. The molecule has 1 heterocycles. The van der Waals surface area contributed by atoms with Crippen molar-refractivity contribution in [3.05, 3.63) is 53.7 Å². The van der Waals surface area contributed by atoms with E-state index in [1.54, 1.807) is 0 Å². The molecule has 1 aromatic carbocycles. The van der Waals surface area contributed by atoms with Crippen molar-refractivity contribution in [2.75, 3.05) is 24.3 Å². The van der Waals surface area contributed by atoms with Crippen molar-refractivity contribution >= 4 is 11.5 Å². The van der Waals surface area contributed by atoms with Crippen molar-refractivity contribution in [2.45, 2.75) is 13.5 Å². The molecule has 0 amide bonds. The van der Waals surface area contributed by atoms with Gasteiger partial charge in [-0.25, -0.2) is 4.98 Å². The van der Waals surface area contributed by atoms with Gasteiger partial charge in [-0.05, 0) is 24.1 Å². The lowest BCUT2D eigenvalue weighted by atomic mass is 10.1. The molecule has 0 unspecified atom stereocenters. The van der Waals surface area contributed by atoms with Crippen LogP contribution < -0.4 is 10.2 Å². The quantitative estimate of drug-likeness (QED) is 0.891. The van der Waals surface area contributed by atoms with E-state index < -0.39 is 0 Å². The van der Waals surface area contributed by atoms with Gasteiger partial charge in [0.15, 0.2) is 0 Å². The molecule has 2 rings (SSSR count). The Morgan fingerprint density at radius 2 is 2.00 bits per heavy atom. The lowest BCUT2D eigenvalue weighted by Crippen LogP contribution is -2.17. The number of pyridine rings is 1. The van der Waals surface area contributed by atoms with Crippen LogP contribution in [0.1, 0.15) is 11.1 Å². The molecule has 94 valence electrons. The third-order valence-electron chi connectivity index (χ3n) is 3.11. The van der Waals surface area contributed by atoms with E-state index in [2.05, 4.69) is 59.5 Å². The highest BCUT2D eigenvalue weighted by atomic mass is 15.1. The van der Waals surface area contributed by atoms with Crippen molar-refractivity contribution in [2.24, 2.45) is 0 Å². The zero-order valence-corrected chi connectivity index (χ0v) is 11.1. The van der Waals surface area contributed by atoms with Gasteiger partial charge >= 0.3 is 0 Å². The maximum Gasteiger partial charge on any atom is 0.127 e. The van der Waals surface area contributed by atoms with E-state index in [-0.39, 0.29) is 0 Å². The summed E-state index contributed by atoms with van der Waals surface area (Å²) >= 11 is 0. The van der Waals surface area contributed by atoms with E-state index in [1.807, 2.05) is 19.3 Å². The fourth-order valence-corrected chi connectivity index (χ4v) is 1.93. The summed E-state index contributed by atoms with van der Waals surface area (Å²) in [5.74, 6) is 0.893. The Kier molecular flexibility index (Phi) is 3.82. The maximum atomic E-state index is 4.23. The summed E-state index contributed by atoms with van der Waals surface area (Å²) in [6, 6.07) is 12.6. The first-order chi connectivity index (χ1) is 8.70. The van der Waals surface area contributed by atoms with Crippen LogP contribution in [0.25, 0.3) is 0 Å². The second-order valence-corrected chi connectivity index (χ2v) is 4.43. The molecule has 0 radical (unpaired) electrons. The standard InChI is InChI=1S/C15H19N3/c1-12-6-4-5-7-13(12)11-18(3)14-8-9-17-15(10-14)16-2/h4-10H,11H2,1-3H3,(H,16,17). The molecule has 3 heteroatoms. The normalized spacial score (nSPS) is 10.2. The molecule has 2 aromatic rings. The van der Waals surface area contributed by atoms with Crippen molar-refractivity contribution < 1.29 is 0 Å². The first-order valence-corrected chi connectivity index (χ1v) is 6.10. The summed E-state index contributed by atoms with van der Waals surface area (Å²) in [5, 5.41) is 3.06. The van der Waals surface area contributed by atoms with Gasteiger partial charge in [-0.3, -0.25) is 0 Å². The SMILES string of the molecule is CNc1cc(N(C)Cc2ccccc2C)ccn1. The summed E-state index contributed by atoms with van der Waals surface area (Å²) in [6.45, 7) is 3.05. The van der Waals surface area contributed by atoms with Crippen LogP contribution in [0.3, 0.4) is 0 Å². The molecule has 1 N–H and O–H groups in total. The zero-order chi connectivity index (χ0) is 13.0. The van der Waals surface area contributed by atoms with Gasteiger partial charge in [-0.15, -0.1) is 0 Å². The number of hydrogen-bond donors (Lipinski definition) is 1. The predicted molar refractivity (Wildman–Crippen MR) is 77.1 cm³/mol. The zero-order valence-electron chi connectivity index (χ0n) is 11.1. The Bertz CT molecular complexity index is 523. The van der Waals surface area contributed by atoms with Crippen molar-refractivity contribution in [1.82, 2.24) is 4.98 Å². The second kappa shape index (κ2) is 5.54. The van der Waals surface area contributed by atoms with Crippen LogP contribution in [0.2, 0.25) is 0 Å². The van der Waals surface area contributed by atoms with Crippen LogP contribution in [0, 0.1) is 6.92 Å². The van der Waals surface area contributed by atoms with Crippen LogP contribution in [-0.2, 0) is 6.54 Å². The predicted octanol–water partition coefficient (Wildman–Crippen LogP) is 3.07. The summed E-state index contributed by atoms with van der Waals surface area (Å²) in [6.07, 6.45) is 1.83. The molecule has 0 bridgehead atoms. The number of aryl methyl sites for hydroxylation is 1. The number of nitrogens with one attached hydrogen (secondary N) is 1. The lowest BCUT2D eigenvalue weighted by molar-refractivity contribution is 0.912. The van der Waals surface area contributed by atoms with E-state index in [0.717, 1.165) is 18.1 Å². The molecule has 0 saturated carbocycles. The number of rotatable bonds is 4. The van der Waals surface area contributed by atoms with E-state index in [0.29, 0.717) is 0 Å². The topological polar surface area (TPSA) is 28.2 Å². The molecule has 3 nitrogen and oxygen atoms in total. The fourth-order valence-electron chi connectivity index (χ4n) is 1.93. The number of hydrogen-bond acceptors (Lipinski definition) is 3. The van der Waals surface area contributed by atoms with Gasteiger partial charge in [0.05, 0.1) is 0 Å². The molecule has 0 aliphatic carbocycles. The van der Waals surface area contributed by atoms with E-state index in [9.17, 15) is 0 Å². The Morgan fingerprint density at radius 3 is 2.72 bits per heavy atom. The molecule has 0 spiro atoms. The van der Waals surface area contributed by atoms with Gasteiger partial charge in [0.1, 0.15) is 5.82 Å². The molecule has 1 aromatic heterocycles. The van der Waals surface area contributed by atoms with Crippen LogP contribution in [0.15, 0.2) is 42.6 Å². The van der Waals surface area contributed by atoms with Crippen molar-refractivity contribution in [3.8, 4) is 0 Å². The fraction of sp³-hybridized carbons (Fsp3) is 0.267. The summed E-state index contributed by atoms with van der Waals surface area (Å²) < 4.78 is 0. The molecule has 0 aliphatic heterocycles. The average molecular weight is 241 g/mol. The number of anilines is 2. The number of benzene rings is 1. The molecule has 0 saturated heterocycles. The Hall–Kier alpha value is -2.03. The Morgan fingerprint density at radius 1 is 1.22 bits per heavy atom. The molecule has 0 fully saturated rings. The third-order valence-corrected chi connectivity index (χ3v) is 3.11. The molecule has 0 atom stereocenters. The van der Waals surface area contributed by atoms with E-state index in [4.69, 9.17) is 0 Å². The molecular formula is C15H19N3. The summed E-state index contributed by atoms with van der Waals surface area (Å²) in [4.78, 5) is 6.45. The van der Waals surface area contributed by atoms with Gasteiger partial charge in [0, 0.05) is 38.6 Å². The minimum absolute atomic E-state index is 0.893. The Balaban J connectivity index is 2.16. The maximum absolute atomic E-state index is 4.23.